The fourth-order valence-corrected chi connectivity index (χ4v) is 4.18. The molecule has 1 fully saturated rings. The third-order valence-corrected chi connectivity index (χ3v) is 5.77. The zero-order chi connectivity index (χ0) is 20.2. The van der Waals surface area contributed by atoms with Gasteiger partial charge < -0.3 is 10.2 Å². The van der Waals surface area contributed by atoms with E-state index in [4.69, 9.17) is 0 Å². The van der Waals surface area contributed by atoms with Crippen molar-refractivity contribution in [1.29, 1.82) is 0 Å². The third-order valence-electron chi connectivity index (χ3n) is 4.89. The summed E-state index contributed by atoms with van der Waals surface area (Å²) < 4.78 is 1.58. The maximum Gasteiger partial charge on any atom is 0.247 e. The van der Waals surface area contributed by atoms with Crippen molar-refractivity contribution in [3.05, 3.63) is 47.7 Å². The second-order valence-corrected chi connectivity index (χ2v) is 8.18. The average molecular weight is 411 g/mol. The van der Waals surface area contributed by atoms with Crippen molar-refractivity contribution in [1.82, 2.24) is 24.9 Å². The zero-order valence-electron chi connectivity index (χ0n) is 16.1. The lowest BCUT2D eigenvalue weighted by molar-refractivity contribution is -0.141. The first kappa shape index (κ1) is 19.3. The first-order valence-corrected chi connectivity index (χ1v) is 10.4. The van der Waals surface area contributed by atoms with E-state index in [9.17, 15) is 9.59 Å². The minimum Gasteiger partial charge on any atom is -0.329 e. The summed E-state index contributed by atoms with van der Waals surface area (Å²) in [5, 5.41) is 17.0. The molecule has 3 aromatic rings. The smallest absolute Gasteiger partial charge is 0.247 e. The summed E-state index contributed by atoms with van der Waals surface area (Å²) in [6.45, 7) is 2.63. The van der Waals surface area contributed by atoms with E-state index in [2.05, 4.69) is 20.6 Å². The number of amides is 2. The molecule has 0 saturated carbocycles. The number of hydrogen-bond acceptors (Lipinski definition) is 6. The highest BCUT2D eigenvalue weighted by Gasteiger charge is 2.32. The SMILES string of the molecule is Cc1nnc(-c2cccc(NC(=O)C3CCCCN3C(=O)Cn3cccn3)c2)s1. The molecule has 4 rings (SSSR count). The summed E-state index contributed by atoms with van der Waals surface area (Å²) >= 11 is 1.51. The monoisotopic (exact) mass is 410 g/mol. The predicted octanol–water partition coefficient (Wildman–Crippen LogP) is 2.73. The molecule has 1 N–H and O–H groups in total. The highest BCUT2D eigenvalue weighted by molar-refractivity contribution is 7.14. The van der Waals surface area contributed by atoms with E-state index >= 15 is 0 Å². The summed E-state index contributed by atoms with van der Waals surface area (Å²) in [4.78, 5) is 27.4. The summed E-state index contributed by atoms with van der Waals surface area (Å²) in [5.41, 5.74) is 1.59. The second-order valence-electron chi connectivity index (χ2n) is 7.00. The van der Waals surface area contributed by atoms with Gasteiger partial charge in [0.1, 0.15) is 22.6 Å². The van der Waals surface area contributed by atoms with E-state index in [0.29, 0.717) is 18.7 Å². The molecule has 2 aromatic heterocycles. The molecule has 1 aliphatic heterocycles. The van der Waals surface area contributed by atoms with Crippen molar-refractivity contribution in [2.45, 2.75) is 38.8 Å². The van der Waals surface area contributed by atoms with Crippen molar-refractivity contribution in [3.63, 3.8) is 0 Å². The van der Waals surface area contributed by atoms with Gasteiger partial charge in [-0.1, -0.05) is 23.5 Å². The lowest BCUT2D eigenvalue weighted by Gasteiger charge is -2.34. The number of carbonyl (C=O) groups is 2. The zero-order valence-corrected chi connectivity index (χ0v) is 16.9. The van der Waals surface area contributed by atoms with Crippen LogP contribution in [0.25, 0.3) is 10.6 Å². The van der Waals surface area contributed by atoms with Gasteiger partial charge in [-0.25, -0.2) is 0 Å². The van der Waals surface area contributed by atoms with E-state index in [1.54, 1.807) is 28.0 Å². The number of aryl methyl sites for hydroxylation is 1. The van der Waals surface area contributed by atoms with E-state index in [0.717, 1.165) is 28.4 Å². The minimum atomic E-state index is -0.473. The van der Waals surface area contributed by atoms with Gasteiger partial charge in [-0.15, -0.1) is 10.2 Å². The fourth-order valence-electron chi connectivity index (χ4n) is 3.49. The Hall–Kier alpha value is -3.07. The van der Waals surface area contributed by atoms with Crippen molar-refractivity contribution < 1.29 is 9.59 Å². The van der Waals surface area contributed by atoms with Crippen molar-refractivity contribution in [2.75, 3.05) is 11.9 Å². The van der Waals surface area contributed by atoms with Gasteiger partial charge in [-0.3, -0.25) is 14.3 Å². The lowest BCUT2D eigenvalue weighted by Crippen LogP contribution is -2.51. The summed E-state index contributed by atoms with van der Waals surface area (Å²) in [6, 6.07) is 8.85. The number of hydrogen-bond donors (Lipinski definition) is 1. The number of anilines is 1. The Morgan fingerprint density at radius 1 is 1.24 bits per heavy atom. The molecule has 1 atom stereocenters. The first-order chi connectivity index (χ1) is 14.1. The van der Waals surface area contributed by atoms with Crippen molar-refractivity contribution in [2.24, 2.45) is 0 Å². The van der Waals surface area contributed by atoms with Gasteiger partial charge in [0.05, 0.1) is 0 Å². The van der Waals surface area contributed by atoms with Crippen LogP contribution in [0.4, 0.5) is 5.69 Å². The minimum absolute atomic E-state index is 0.0911. The number of rotatable bonds is 5. The molecule has 150 valence electrons. The highest BCUT2D eigenvalue weighted by atomic mass is 32.1. The summed E-state index contributed by atoms with van der Waals surface area (Å²) in [7, 11) is 0. The molecule has 0 spiro atoms. The van der Waals surface area contributed by atoms with Crippen LogP contribution in [-0.2, 0) is 16.1 Å². The fraction of sp³-hybridized carbons (Fsp3) is 0.350. The Morgan fingerprint density at radius 3 is 2.90 bits per heavy atom. The predicted molar refractivity (Wildman–Crippen MR) is 110 cm³/mol. The number of nitrogens with one attached hydrogen (secondary N) is 1. The molecule has 0 aliphatic carbocycles. The van der Waals surface area contributed by atoms with Gasteiger partial charge >= 0.3 is 0 Å². The third kappa shape index (κ3) is 4.51. The summed E-state index contributed by atoms with van der Waals surface area (Å²) in [5.74, 6) is -0.254. The van der Waals surface area contributed by atoms with E-state index in [1.807, 2.05) is 31.2 Å². The number of carbonyl (C=O) groups excluding carboxylic acids is 2. The van der Waals surface area contributed by atoms with Crippen LogP contribution >= 0.6 is 11.3 Å². The van der Waals surface area contributed by atoms with Gasteiger partial charge in [0.25, 0.3) is 0 Å². The molecule has 8 nitrogen and oxygen atoms in total. The van der Waals surface area contributed by atoms with Crippen LogP contribution in [0.2, 0.25) is 0 Å². The molecular weight excluding hydrogens is 388 g/mol. The number of likely N-dealkylation sites (tertiary alicyclic amines) is 1. The van der Waals surface area contributed by atoms with Gasteiger partial charge in [0.2, 0.25) is 11.8 Å². The maximum atomic E-state index is 13.0. The number of piperidine rings is 1. The Labute approximate surface area is 172 Å². The maximum absolute atomic E-state index is 13.0. The Morgan fingerprint density at radius 2 is 2.14 bits per heavy atom. The molecule has 3 heterocycles. The topological polar surface area (TPSA) is 93.0 Å². The van der Waals surface area contributed by atoms with Crippen LogP contribution in [-0.4, -0.2) is 49.3 Å². The molecule has 1 saturated heterocycles. The van der Waals surface area contributed by atoms with Gasteiger partial charge in [0.15, 0.2) is 0 Å². The molecule has 1 unspecified atom stereocenters. The second kappa shape index (κ2) is 8.52. The van der Waals surface area contributed by atoms with Crippen LogP contribution in [0.5, 0.6) is 0 Å². The van der Waals surface area contributed by atoms with Crippen molar-refractivity contribution >= 4 is 28.8 Å². The molecule has 2 amide bonds. The van der Waals surface area contributed by atoms with Crippen LogP contribution in [0, 0.1) is 6.92 Å². The number of nitrogens with zero attached hydrogens (tertiary/aromatic N) is 5. The van der Waals surface area contributed by atoms with Crippen molar-refractivity contribution in [3.8, 4) is 10.6 Å². The molecule has 1 aliphatic rings. The van der Waals surface area contributed by atoms with Crippen LogP contribution in [0.1, 0.15) is 24.3 Å². The van der Waals surface area contributed by atoms with Crippen LogP contribution in [0.15, 0.2) is 42.7 Å². The Kier molecular flexibility index (Phi) is 5.66. The number of benzene rings is 1. The average Bonchev–Trinajstić information content (AvgIpc) is 3.40. The molecule has 0 bridgehead atoms. The molecule has 9 heteroatoms. The highest BCUT2D eigenvalue weighted by Crippen LogP contribution is 2.26. The quantitative estimate of drug-likeness (QED) is 0.698. The van der Waals surface area contributed by atoms with E-state index in [1.165, 1.54) is 11.3 Å². The van der Waals surface area contributed by atoms with Crippen LogP contribution < -0.4 is 5.32 Å². The Bertz CT molecular complexity index is 1000. The summed E-state index contributed by atoms with van der Waals surface area (Å²) in [6.07, 6.45) is 5.87. The molecule has 0 radical (unpaired) electrons. The first-order valence-electron chi connectivity index (χ1n) is 9.58. The van der Waals surface area contributed by atoms with Gasteiger partial charge in [0, 0.05) is 30.2 Å². The number of aromatic nitrogens is 4. The molecule has 1 aromatic carbocycles. The standard InChI is InChI=1S/C20H22N6O2S/c1-14-23-24-20(29-14)15-6-4-7-16(12-15)22-19(28)17-8-2-3-11-26(17)18(27)13-25-10-5-9-21-25/h4-7,9-10,12,17H,2-3,8,11,13H2,1H3,(H,22,28). The van der Waals surface area contributed by atoms with Gasteiger partial charge in [-0.2, -0.15) is 5.10 Å². The molecule has 29 heavy (non-hydrogen) atoms. The normalized spacial score (nSPS) is 16.6. The van der Waals surface area contributed by atoms with E-state index < -0.39 is 6.04 Å². The van der Waals surface area contributed by atoms with E-state index in [-0.39, 0.29) is 18.4 Å². The lowest BCUT2D eigenvalue weighted by atomic mass is 10.0. The molecular formula is C20H22N6O2S. The van der Waals surface area contributed by atoms with Gasteiger partial charge in [-0.05, 0) is 44.4 Å². The Balaban J connectivity index is 1.47. The van der Waals surface area contributed by atoms with Crippen LogP contribution in [0.3, 0.4) is 0 Å². The largest absolute Gasteiger partial charge is 0.329 e.